The van der Waals surface area contributed by atoms with E-state index in [0.29, 0.717) is 18.7 Å². The average Bonchev–Trinajstić information content (AvgIpc) is 2.91. The van der Waals surface area contributed by atoms with E-state index in [0.717, 1.165) is 24.8 Å². The van der Waals surface area contributed by atoms with Gasteiger partial charge in [0.2, 0.25) is 5.91 Å². The molecule has 1 saturated heterocycles. The zero-order valence-corrected chi connectivity index (χ0v) is 13.1. The summed E-state index contributed by atoms with van der Waals surface area (Å²) < 4.78 is 11.2. The minimum absolute atomic E-state index is 0.0692. The van der Waals surface area contributed by atoms with Crippen LogP contribution in [0.3, 0.4) is 0 Å². The van der Waals surface area contributed by atoms with Crippen LogP contribution in [0.4, 0.5) is 0 Å². The molecule has 23 heavy (non-hydrogen) atoms. The molecule has 3 unspecified atom stereocenters. The molecule has 2 aliphatic heterocycles. The maximum Gasteiger partial charge on any atom is 0.339 e. The standard InChI is InChI=1S/C18H21NO4/c20-17(19-9-10-22-15-8-4-3-7-14(15)19)11-16-12-5-1-2-6-13(12)18(21)23-16/h1-2,5-6,14-16H,3-4,7-11H2. The van der Waals surface area contributed by atoms with Crippen LogP contribution in [0, 0.1) is 0 Å². The van der Waals surface area contributed by atoms with Gasteiger partial charge in [0.05, 0.1) is 30.7 Å². The maximum absolute atomic E-state index is 12.8. The highest BCUT2D eigenvalue weighted by molar-refractivity contribution is 5.94. The fraction of sp³-hybridized carbons (Fsp3) is 0.556. The molecule has 1 aromatic carbocycles. The minimum atomic E-state index is -0.448. The van der Waals surface area contributed by atoms with E-state index >= 15 is 0 Å². The van der Waals surface area contributed by atoms with Gasteiger partial charge in [-0.25, -0.2) is 4.79 Å². The molecule has 0 bridgehead atoms. The summed E-state index contributed by atoms with van der Waals surface area (Å²) in [7, 11) is 0. The van der Waals surface area contributed by atoms with Crippen molar-refractivity contribution in [2.45, 2.75) is 50.4 Å². The molecule has 0 aromatic heterocycles. The molecule has 2 heterocycles. The van der Waals surface area contributed by atoms with Crippen LogP contribution in [-0.2, 0) is 14.3 Å². The lowest BCUT2D eigenvalue weighted by Crippen LogP contribution is -2.55. The van der Waals surface area contributed by atoms with Crippen molar-refractivity contribution in [1.82, 2.24) is 4.90 Å². The van der Waals surface area contributed by atoms with E-state index in [-0.39, 0.29) is 30.4 Å². The van der Waals surface area contributed by atoms with E-state index in [1.807, 2.05) is 23.1 Å². The Kier molecular flexibility index (Phi) is 3.81. The third-order valence-corrected chi connectivity index (χ3v) is 5.19. The number of hydrogen-bond acceptors (Lipinski definition) is 4. The van der Waals surface area contributed by atoms with Crippen LogP contribution in [0.5, 0.6) is 0 Å². The van der Waals surface area contributed by atoms with E-state index < -0.39 is 6.10 Å². The Morgan fingerprint density at radius 3 is 2.96 bits per heavy atom. The lowest BCUT2D eigenvalue weighted by molar-refractivity contribution is -0.151. The van der Waals surface area contributed by atoms with Crippen LogP contribution in [0.2, 0.25) is 0 Å². The minimum Gasteiger partial charge on any atom is -0.453 e. The van der Waals surface area contributed by atoms with Gasteiger partial charge in [-0.1, -0.05) is 31.0 Å². The van der Waals surface area contributed by atoms with Gasteiger partial charge >= 0.3 is 5.97 Å². The Morgan fingerprint density at radius 2 is 2.04 bits per heavy atom. The molecule has 3 atom stereocenters. The summed E-state index contributed by atoms with van der Waals surface area (Å²) in [5, 5.41) is 0. The quantitative estimate of drug-likeness (QED) is 0.787. The second-order valence-corrected chi connectivity index (χ2v) is 6.53. The third-order valence-electron chi connectivity index (χ3n) is 5.19. The Labute approximate surface area is 135 Å². The number of fused-ring (bicyclic) bond motifs is 2. The van der Waals surface area contributed by atoms with Gasteiger partial charge in [0.25, 0.3) is 0 Å². The number of esters is 1. The molecule has 1 aromatic rings. The highest BCUT2D eigenvalue weighted by Gasteiger charge is 2.39. The van der Waals surface area contributed by atoms with Crippen LogP contribution < -0.4 is 0 Å². The zero-order valence-electron chi connectivity index (χ0n) is 13.1. The van der Waals surface area contributed by atoms with Crippen LogP contribution in [0.1, 0.15) is 54.1 Å². The molecule has 5 heteroatoms. The van der Waals surface area contributed by atoms with Gasteiger partial charge in [-0.2, -0.15) is 0 Å². The lowest BCUT2D eigenvalue weighted by atomic mass is 9.89. The van der Waals surface area contributed by atoms with Gasteiger partial charge in [-0.05, 0) is 18.9 Å². The summed E-state index contributed by atoms with van der Waals surface area (Å²) in [5.74, 6) is -0.254. The molecular formula is C18H21NO4. The van der Waals surface area contributed by atoms with Gasteiger partial charge in [-0.3, -0.25) is 4.79 Å². The number of benzene rings is 1. The Bertz CT molecular complexity index is 627. The van der Waals surface area contributed by atoms with Gasteiger partial charge < -0.3 is 14.4 Å². The molecule has 0 spiro atoms. The number of hydrogen-bond donors (Lipinski definition) is 0. The topological polar surface area (TPSA) is 55.8 Å². The summed E-state index contributed by atoms with van der Waals surface area (Å²) in [6.07, 6.45) is 4.34. The number of cyclic esters (lactones) is 1. The Morgan fingerprint density at radius 1 is 1.22 bits per heavy atom. The SMILES string of the molecule is O=C1OC(CC(=O)N2CCOC3CCCCC32)c2ccccc21. The fourth-order valence-corrected chi connectivity index (χ4v) is 4.05. The lowest BCUT2D eigenvalue weighted by Gasteiger charge is -2.44. The fourth-order valence-electron chi connectivity index (χ4n) is 4.05. The first kappa shape index (κ1) is 14.7. The third kappa shape index (κ3) is 2.63. The highest BCUT2D eigenvalue weighted by atomic mass is 16.5. The predicted molar refractivity (Wildman–Crippen MR) is 82.9 cm³/mol. The van der Waals surface area contributed by atoms with Crippen molar-refractivity contribution in [3.63, 3.8) is 0 Å². The van der Waals surface area contributed by atoms with Gasteiger partial charge in [0.15, 0.2) is 0 Å². The first-order chi connectivity index (χ1) is 11.2. The Balaban J connectivity index is 1.49. The molecule has 2 fully saturated rings. The number of carbonyl (C=O) groups excluding carboxylic acids is 2. The van der Waals surface area contributed by atoms with Gasteiger partial charge in [0.1, 0.15) is 6.10 Å². The van der Waals surface area contributed by atoms with Crippen LogP contribution in [0.25, 0.3) is 0 Å². The van der Waals surface area contributed by atoms with E-state index in [2.05, 4.69) is 0 Å². The molecule has 4 rings (SSSR count). The number of amides is 1. The van der Waals surface area contributed by atoms with E-state index in [1.54, 1.807) is 6.07 Å². The van der Waals surface area contributed by atoms with Crippen molar-refractivity contribution in [3.05, 3.63) is 35.4 Å². The smallest absolute Gasteiger partial charge is 0.339 e. The number of carbonyl (C=O) groups is 2. The van der Waals surface area contributed by atoms with E-state index in [9.17, 15) is 9.59 Å². The molecule has 1 amide bonds. The van der Waals surface area contributed by atoms with Crippen LogP contribution >= 0.6 is 0 Å². The van der Waals surface area contributed by atoms with E-state index in [1.165, 1.54) is 6.42 Å². The van der Waals surface area contributed by atoms with Gasteiger partial charge in [-0.15, -0.1) is 0 Å². The largest absolute Gasteiger partial charge is 0.453 e. The van der Waals surface area contributed by atoms with Crippen molar-refractivity contribution in [2.75, 3.05) is 13.2 Å². The summed E-state index contributed by atoms with van der Waals surface area (Å²) in [5.41, 5.74) is 1.42. The summed E-state index contributed by atoms with van der Waals surface area (Å²) in [6, 6.07) is 7.52. The van der Waals surface area contributed by atoms with Crippen molar-refractivity contribution in [1.29, 1.82) is 0 Å². The second kappa shape index (κ2) is 5.96. The van der Waals surface area contributed by atoms with Crippen LogP contribution in [0.15, 0.2) is 24.3 Å². The molecule has 0 N–H and O–H groups in total. The highest BCUT2D eigenvalue weighted by Crippen LogP contribution is 2.35. The molecule has 0 radical (unpaired) electrons. The van der Waals surface area contributed by atoms with Crippen LogP contribution in [-0.4, -0.2) is 42.1 Å². The summed E-state index contributed by atoms with van der Waals surface area (Å²) in [4.78, 5) is 26.7. The molecule has 122 valence electrons. The molecule has 1 saturated carbocycles. The second-order valence-electron chi connectivity index (χ2n) is 6.53. The average molecular weight is 315 g/mol. The zero-order chi connectivity index (χ0) is 15.8. The Hall–Kier alpha value is -1.88. The summed E-state index contributed by atoms with van der Waals surface area (Å²) >= 11 is 0. The van der Waals surface area contributed by atoms with E-state index in [4.69, 9.17) is 9.47 Å². The maximum atomic E-state index is 12.8. The number of ether oxygens (including phenoxy) is 2. The molecule has 5 nitrogen and oxygen atoms in total. The number of nitrogens with zero attached hydrogens (tertiary/aromatic N) is 1. The predicted octanol–water partition coefficient (Wildman–Crippen LogP) is 2.46. The monoisotopic (exact) mass is 315 g/mol. The van der Waals surface area contributed by atoms with Crippen molar-refractivity contribution in [3.8, 4) is 0 Å². The van der Waals surface area contributed by atoms with Crippen molar-refractivity contribution >= 4 is 11.9 Å². The summed E-state index contributed by atoms with van der Waals surface area (Å²) in [6.45, 7) is 1.25. The number of rotatable bonds is 2. The first-order valence-electron chi connectivity index (χ1n) is 8.45. The van der Waals surface area contributed by atoms with Crippen molar-refractivity contribution < 1.29 is 19.1 Å². The van der Waals surface area contributed by atoms with Crippen molar-refractivity contribution in [2.24, 2.45) is 0 Å². The molecule has 3 aliphatic rings. The van der Waals surface area contributed by atoms with Gasteiger partial charge in [0, 0.05) is 12.1 Å². The normalized spacial score (nSPS) is 29.7. The molecule has 1 aliphatic carbocycles. The first-order valence-corrected chi connectivity index (χ1v) is 8.45. The molecular weight excluding hydrogens is 294 g/mol. The number of morpholine rings is 1.